The summed E-state index contributed by atoms with van der Waals surface area (Å²) in [4.78, 5) is 34.5. The highest BCUT2D eigenvalue weighted by atomic mass is 32.1. The molecule has 0 radical (unpaired) electrons. The lowest BCUT2D eigenvalue weighted by atomic mass is 9.90. The molecule has 39 heavy (non-hydrogen) atoms. The predicted molar refractivity (Wildman–Crippen MR) is 160 cm³/mol. The maximum Gasteiger partial charge on any atom is 0.347 e. The summed E-state index contributed by atoms with van der Waals surface area (Å²) in [7, 11) is 0. The van der Waals surface area contributed by atoms with Crippen LogP contribution in [-0.2, 0) is 6.42 Å². The SMILES string of the molecule is CCN1CCCc2cc3c(-c4ccccc4C(=O)NC(C)(C)C)c(-c4nc5ccccc5s4)c(=O)oc3cc21. The zero-order valence-electron chi connectivity index (χ0n) is 22.6. The van der Waals surface area contributed by atoms with Crippen LogP contribution in [-0.4, -0.2) is 29.5 Å². The Hall–Kier alpha value is -3.97. The Balaban J connectivity index is 1.69. The van der Waals surface area contributed by atoms with E-state index in [0.29, 0.717) is 32.8 Å². The number of benzene rings is 3. The average molecular weight is 538 g/mol. The number of hydrogen-bond donors (Lipinski definition) is 1. The molecule has 5 aromatic rings. The number of nitrogens with zero attached hydrogens (tertiary/aromatic N) is 2. The van der Waals surface area contributed by atoms with Crippen LogP contribution in [0.15, 0.2) is 69.9 Å². The largest absolute Gasteiger partial charge is 0.422 e. The van der Waals surface area contributed by atoms with Crippen molar-refractivity contribution in [3.8, 4) is 21.7 Å². The van der Waals surface area contributed by atoms with E-state index in [0.717, 1.165) is 47.2 Å². The maximum atomic E-state index is 13.8. The second kappa shape index (κ2) is 9.65. The van der Waals surface area contributed by atoms with Gasteiger partial charge < -0.3 is 14.6 Å². The van der Waals surface area contributed by atoms with E-state index in [4.69, 9.17) is 9.40 Å². The van der Waals surface area contributed by atoms with E-state index in [2.05, 4.69) is 23.2 Å². The van der Waals surface area contributed by atoms with Crippen molar-refractivity contribution >= 4 is 44.1 Å². The highest BCUT2D eigenvalue weighted by Crippen LogP contribution is 2.42. The number of fused-ring (bicyclic) bond motifs is 3. The first-order chi connectivity index (χ1) is 18.7. The van der Waals surface area contributed by atoms with E-state index in [-0.39, 0.29) is 5.91 Å². The van der Waals surface area contributed by atoms with Crippen LogP contribution in [0.25, 0.3) is 42.9 Å². The molecule has 3 heterocycles. The molecule has 6 rings (SSSR count). The van der Waals surface area contributed by atoms with Gasteiger partial charge in [-0.25, -0.2) is 9.78 Å². The van der Waals surface area contributed by atoms with Crippen LogP contribution in [0.5, 0.6) is 0 Å². The fourth-order valence-electron chi connectivity index (χ4n) is 5.45. The number of hydrogen-bond acceptors (Lipinski definition) is 6. The van der Waals surface area contributed by atoms with Gasteiger partial charge in [-0.3, -0.25) is 4.79 Å². The Morgan fingerprint density at radius 1 is 1.08 bits per heavy atom. The minimum absolute atomic E-state index is 0.190. The topological polar surface area (TPSA) is 75.4 Å². The number of rotatable bonds is 4. The third-order valence-corrected chi connectivity index (χ3v) is 8.19. The van der Waals surface area contributed by atoms with Crippen molar-refractivity contribution in [2.24, 2.45) is 0 Å². The normalized spacial score (nSPS) is 13.6. The lowest BCUT2D eigenvalue weighted by Gasteiger charge is -2.30. The fourth-order valence-corrected chi connectivity index (χ4v) is 6.45. The number of anilines is 1. The average Bonchev–Trinajstić information content (AvgIpc) is 3.34. The second-order valence-corrected chi connectivity index (χ2v) is 12.1. The van der Waals surface area contributed by atoms with Crippen LogP contribution in [0.3, 0.4) is 0 Å². The summed E-state index contributed by atoms with van der Waals surface area (Å²) < 4.78 is 7.02. The minimum Gasteiger partial charge on any atom is -0.422 e. The second-order valence-electron chi connectivity index (χ2n) is 11.0. The van der Waals surface area contributed by atoms with Crippen LogP contribution in [0.2, 0.25) is 0 Å². The molecule has 2 aromatic heterocycles. The number of carbonyl (C=O) groups is 1. The minimum atomic E-state index is -0.457. The first-order valence-corrected chi connectivity index (χ1v) is 14.2. The van der Waals surface area contributed by atoms with E-state index in [1.54, 1.807) is 0 Å². The van der Waals surface area contributed by atoms with Crippen LogP contribution < -0.4 is 15.8 Å². The van der Waals surface area contributed by atoms with Crippen molar-refractivity contribution in [3.05, 3.63) is 82.2 Å². The van der Waals surface area contributed by atoms with Gasteiger partial charge in [-0.1, -0.05) is 30.3 Å². The molecule has 1 N–H and O–H groups in total. The third-order valence-electron chi connectivity index (χ3n) is 7.14. The summed E-state index contributed by atoms with van der Waals surface area (Å²) in [6.07, 6.45) is 2.01. The van der Waals surface area contributed by atoms with Crippen molar-refractivity contribution in [2.75, 3.05) is 18.0 Å². The van der Waals surface area contributed by atoms with E-state index in [9.17, 15) is 9.59 Å². The third kappa shape index (κ3) is 4.61. The number of para-hydroxylation sites is 1. The monoisotopic (exact) mass is 537 g/mol. The van der Waals surface area contributed by atoms with E-state index in [1.807, 2.05) is 75.4 Å². The van der Waals surface area contributed by atoms with Gasteiger partial charge in [-0.05, 0) is 75.9 Å². The van der Waals surface area contributed by atoms with Gasteiger partial charge in [0.25, 0.3) is 5.91 Å². The van der Waals surface area contributed by atoms with E-state index < -0.39 is 11.2 Å². The molecular weight excluding hydrogens is 506 g/mol. The molecule has 1 aliphatic rings. The predicted octanol–water partition coefficient (Wildman–Crippen LogP) is 7.04. The quantitative estimate of drug-likeness (QED) is 0.249. The standard InChI is InChI=1S/C32H31N3O3S/c1-5-35-16-10-11-19-17-22-25(18-24(19)35)38-31(37)28(30-33-23-14-8-9-15-26(23)39-30)27(22)20-12-6-7-13-21(20)29(36)34-32(2,3)4/h6-9,12-15,17-18H,5,10-11,16H2,1-4H3,(H,34,36). The van der Waals surface area contributed by atoms with Crippen molar-refractivity contribution in [1.29, 1.82) is 0 Å². The first kappa shape index (κ1) is 25.3. The van der Waals surface area contributed by atoms with Crippen LogP contribution >= 0.6 is 11.3 Å². The molecule has 198 valence electrons. The number of amides is 1. The molecule has 0 saturated carbocycles. The van der Waals surface area contributed by atoms with Crippen molar-refractivity contribution in [2.45, 2.75) is 46.1 Å². The van der Waals surface area contributed by atoms with E-state index in [1.165, 1.54) is 16.9 Å². The molecule has 1 aliphatic heterocycles. The molecule has 6 nitrogen and oxygen atoms in total. The van der Waals surface area contributed by atoms with Gasteiger partial charge in [0, 0.05) is 46.9 Å². The molecule has 0 saturated heterocycles. The number of carbonyl (C=O) groups excluding carboxylic acids is 1. The lowest BCUT2D eigenvalue weighted by Crippen LogP contribution is -2.40. The van der Waals surface area contributed by atoms with Gasteiger partial charge >= 0.3 is 5.63 Å². The van der Waals surface area contributed by atoms with Gasteiger partial charge in [0.2, 0.25) is 0 Å². The molecule has 0 bridgehead atoms. The Kier molecular flexibility index (Phi) is 6.26. The molecule has 1 amide bonds. The molecule has 0 spiro atoms. The van der Waals surface area contributed by atoms with Crippen molar-refractivity contribution in [3.63, 3.8) is 0 Å². The number of thiazole rings is 1. The summed E-state index contributed by atoms with van der Waals surface area (Å²) in [6.45, 7) is 9.87. The van der Waals surface area contributed by atoms with Gasteiger partial charge in [0.15, 0.2) is 0 Å². The first-order valence-electron chi connectivity index (χ1n) is 13.4. The molecule has 0 aliphatic carbocycles. The van der Waals surface area contributed by atoms with Crippen LogP contribution in [0.4, 0.5) is 5.69 Å². The molecule has 7 heteroatoms. The van der Waals surface area contributed by atoms with Crippen molar-refractivity contribution in [1.82, 2.24) is 10.3 Å². The Morgan fingerprint density at radius 2 is 1.85 bits per heavy atom. The summed E-state index contributed by atoms with van der Waals surface area (Å²) in [5.41, 5.74) is 5.08. The molecule has 0 atom stereocenters. The smallest absolute Gasteiger partial charge is 0.347 e. The van der Waals surface area contributed by atoms with Gasteiger partial charge in [-0.15, -0.1) is 11.3 Å². The summed E-state index contributed by atoms with van der Waals surface area (Å²) in [6, 6.07) is 19.5. The Morgan fingerprint density at radius 3 is 2.62 bits per heavy atom. The lowest BCUT2D eigenvalue weighted by molar-refractivity contribution is 0.0920. The zero-order chi connectivity index (χ0) is 27.3. The zero-order valence-corrected chi connectivity index (χ0v) is 23.4. The van der Waals surface area contributed by atoms with Gasteiger partial charge in [0.05, 0.1) is 10.2 Å². The van der Waals surface area contributed by atoms with Crippen molar-refractivity contribution < 1.29 is 9.21 Å². The number of aryl methyl sites for hydroxylation is 1. The number of aromatic nitrogens is 1. The summed E-state index contributed by atoms with van der Waals surface area (Å²) in [5.74, 6) is -0.190. The Bertz CT molecular complexity index is 1760. The van der Waals surface area contributed by atoms with Crippen LogP contribution in [0.1, 0.15) is 50.0 Å². The number of nitrogens with one attached hydrogen (secondary N) is 1. The molecule has 0 unspecified atom stereocenters. The van der Waals surface area contributed by atoms with Gasteiger partial charge in [0.1, 0.15) is 16.2 Å². The maximum absolute atomic E-state index is 13.8. The Labute approximate surface area is 231 Å². The summed E-state index contributed by atoms with van der Waals surface area (Å²) in [5, 5.41) is 4.49. The molecular formula is C32H31N3O3S. The summed E-state index contributed by atoms with van der Waals surface area (Å²) >= 11 is 1.46. The highest BCUT2D eigenvalue weighted by molar-refractivity contribution is 7.21. The molecule has 3 aromatic carbocycles. The van der Waals surface area contributed by atoms with E-state index >= 15 is 0 Å². The highest BCUT2D eigenvalue weighted by Gasteiger charge is 2.27. The fraction of sp³-hybridized carbons (Fsp3) is 0.281. The molecule has 0 fully saturated rings. The van der Waals surface area contributed by atoms with Gasteiger partial charge in [-0.2, -0.15) is 0 Å². The van der Waals surface area contributed by atoms with Crippen LogP contribution in [0, 0.1) is 0 Å².